The highest BCUT2D eigenvalue weighted by Gasteiger charge is 2.37. The minimum atomic E-state index is -0.651. The maximum Gasteiger partial charge on any atom is 0.357 e. The maximum absolute atomic E-state index is 13.6. The molecule has 25 nitrogen and oxygen atoms in total. The summed E-state index contributed by atoms with van der Waals surface area (Å²) in [6.07, 6.45) is 12.5. The lowest BCUT2D eigenvalue weighted by atomic mass is 9.87. The molecule has 0 atom stereocenters. The van der Waals surface area contributed by atoms with Gasteiger partial charge >= 0.3 is 33.7 Å². The molecule has 3 saturated heterocycles. The number of aryl methyl sites for hydroxylation is 1. The van der Waals surface area contributed by atoms with Crippen molar-refractivity contribution in [2.75, 3.05) is 100 Å². The van der Waals surface area contributed by atoms with E-state index in [1.807, 2.05) is 146 Å². The van der Waals surface area contributed by atoms with E-state index in [2.05, 4.69) is 0 Å². The minimum Gasteiger partial charge on any atom is -0.497 e. The summed E-state index contributed by atoms with van der Waals surface area (Å²) in [5.74, 6) is 1.55. The van der Waals surface area contributed by atoms with Crippen molar-refractivity contribution in [3.05, 3.63) is 231 Å². The lowest BCUT2D eigenvalue weighted by molar-refractivity contribution is -0.385. The molecule has 9 heterocycles. The lowest BCUT2D eigenvalue weighted by Gasteiger charge is -2.36. The summed E-state index contributed by atoms with van der Waals surface area (Å²) < 4.78 is 9.90. The first kappa shape index (κ1) is 72.8. The number of nitrogens with zero attached hydrogens (tertiary/aromatic N) is 12. The normalized spacial score (nSPS) is 16.0. The molecule has 2 saturated carbocycles. The Hall–Kier alpha value is -10.6. The van der Waals surface area contributed by atoms with Gasteiger partial charge in [-0.25, -0.2) is 0 Å². The monoisotopic (exact) mass is 1480 g/mol. The minimum absolute atomic E-state index is 0.0165. The van der Waals surface area contributed by atoms with Crippen molar-refractivity contribution in [1.82, 2.24) is 28.4 Å². The Labute approximate surface area is 616 Å². The van der Waals surface area contributed by atoms with Crippen LogP contribution in [0.1, 0.15) is 105 Å². The number of benzene rings is 4. The van der Waals surface area contributed by atoms with Gasteiger partial charge in [0.2, 0.25) is 0 Å². The van der Waals surface area contributed by atoms with Crippen molar-refractivity contribution in [2.45, 2.75) is 90.3 Å². The highest BCUT2D eigenvalue weighted by Crippen LogP contribution is 2.40. The van der Waals surface area contributed by atoms with Crippen LogP contribution in [0.3, 0.4) is 0 Å². The lowest BCUT2D eigenvalue weighted by Crippen LogP contribution is -2.49. The number of pyridine rings is 3. The number of hydrogen-bond donors (Lipinski definition) is 0. The number of carbonyl (C=O) groups excluding carboxylic acids is 3. The molecular weight excluding hydrogens is 1400 g/mol. The van der Waals surface area contributed by atoms with Crippen LogP contribution >= 0.6 is 34.0 Å². The smallest absolute Gasteiger partial charge is 0.357 e. The van der Waals surface area contributed by atoms with Crippen molar-refractivity contribution in [2.24, 2.45) is 11.8 Å². The molecule has 15 rings (SSSR count). The molecule has 0 radical (unpaired) electrons. The first-order valence-corrected chi connectivity index (χ1v) is 38.5. The molecule has 4 aromatic carbocycles. The van der Waals surface area contributed by atoms with Gasteiger partial charge in [0, 0.05) is 108 Å². The topological polar surface area (TPSA) is 275 Å². The predicted molar refractivity (Wildman–Crippen MR) is 412 cm³/mol. The summed E-state index contributed by atoms with van der Waals surface area (Å²) in [6.45, 7) is 6.37. The van der Waals surface area contributed by atoms with E-state index in [-0.39, 0.29) is 35.6 Å². The first-order chi connectivity index (χ1) is 51.1. The number of fused-ring (bicyclic) bond motifs is 3. The number of amides is 3. The first-order valence-electron chi connectivity index (χ1n) is 35.8. The molecule has 546 valence electrons. The van der Waals surface area contributed by atoms with Crippen LogP contribution in [0.5, 0.6) is 5.75 Å². The molecule has 28 heteroatoms. The number of carbonyl (C=O) groups is 3. The van der Waals surface area contributed by atoms with E-state index in [4.69, 9.17) is 4.74 Å². The number of ether oxygens (including phenoxy) is 1. The number of anilines is 3. The molecule has 0 unspecified atom stereocenters. The van der Waals surface area contributed by atoms with Gasteiger partial charge in [-0.2, -0.15) is 0 Å². The van der Waals surface area contributed by atoms with E-state index >= 15 is 0 Å². The third-order valence-electron chi connectivity index (χ3n) is 20.9. The van der Waals surface area contributed by atoms with Gasteiger partial charge in [0.1, 0.15) is 22.8 Å². The van der Waals surface area contributed by atoms with Gasteiger partial charge in [0.15, 0.2) is 0 Å². The van der Waals surface area contributed by atoms with Gasteiger partial charge in [-0.3, -0.25) is 63.7 Å². The Balaban J connectivity index is 0.000000140. The quantitative estimate of drug-likeness (QED) is 0.0605. The number of thiophene rings is 3. The summed E-state index contributed by atoms with van der Waals surface area (Å²) in [6, 6.07) is 40.5. The largest absolute Gasteiger partial charge is 0.497 e. The van der Waals surface area contributed by atoms with Crippen molar-refractivity contribution in [1.29, 1.82) is 0 Å². The molecular formula is C77H82N12O13S3. The second-order valence-electron chi connectivity index (χ2n) is 27.1. The molecule has 10 aromatic rings. The molecule has 0 bridgehead atoms. The molecule has 2 aliphatic carbocycles. The van der Waals surface area contributed by atoms with E-state index in [1.165, 1.54) is 77.1 Å². The van der Waals surface area contributed by atoms with E-state index in [0.717, 1.165) is 59.5 Å². The number of rotatable bonds is 17. The SMILES string of the molecule is COc1ccc(Cn2c(=O)c([N+](=O)[O-])c(N3CCN(C(=O)c4cccs4)CC3)c3ccccc32)cc1.O=C(c1cccs1)N1CCN(c2c([N+](=O)[O-])c(=O)n(CC3CCCCC3)c3ccccc23)CC1.O=C(c1cccs1)N1CCN(c2c([N+](=O)[O-])c(=O)n(CCC3CCCCC3)c3ccccc23)CC1. The van der Waals surface area contributed by atoms with Crippen LogP contribution in [0.25, 0.3) is 32.7 Å². The van der Waals surface area contributed by atoms with Crippen molar-refractivity contribution < 1.29 is 33.9 Å². The molecule has 6 aromatic heterocycles. The van der Waals surface area contributed by atoms with Crippen LogP contribution in [-0.2, 0) is 19.6 Å². The van der Waals surface area contributed by atoms with Crippen LogP contribution in [0.2, 0.25) is 0 Å². The second kappa shape index (κ2) is 33.0. The van der Waals surface area contributed by atoms with Crippen LogP contribution < -0.4 is 36.1 Å². The van der Waals surface area contributed by atoms with Gasteiger partial charge in [-0.15, -0.1) is 34.0 Å². The zero-order valence-corrected chi connectivity index (χ0v) is 60.8. The molecule has 5 aliphatic rings. The third kappa shape index (κ3) is 15.8. The number of aromatic nitrogens is 3. The highest BCUT2D eigenvalue weighted by atomic mass is 32.1. The summed E-state index contributed by atoms with van der Waals surface area (Å²) in [5.41, 5.74) is 1.15. The van der Waals surface area contributed by atoms with Crippen LogP contribution in [0.4, 0.5) is 34.1 Å². The van der Waals surface area contributed by atoms with Crippen molar-refractivity contribution >= 4 is 119 Å². The van der Waals surface area contributed by atoms with Crippen LogP contribution in [-0.4, -0.2) is 147 Å². The number of nitro groups is 3. The van der Waals surface area contributed by atoms with Gasteiger partial charge in [0.05, 0.1) is 59.6 Å². The fourth-order valence-electron chi connectivity index (χ4n) is 15.5. The van der Waals surface area contributed by atoms with Crippen LogP contribution in [0.15, 0.2) is 164 Å². The molecule has 0 N–H and O–H groups in total. The summed E-state index contributed by atoms with van der Waals surface area (Å²) in [7, 11) is 1.58. The molecule has 105 heavy (non-hydrogen) atoms. The predicted octanol–water partition coefficient (Wildman–Crippen LogP) is 13.4. The Kier molecular flexibility index (Phi) is 22.9. The van der Waals surface area contributed by atoms with E-state index < -0.39 is 37.1 Å². The Morgan fingerprint density at radius 3 is 1.12 bits per heavy atom. The zero-order valence-electron chi connectivity index (χ0n) is 58.4. The van der Waals surface area contributed by atoms with Crippen molar-refractivity contribution in [3.63, 3.8) is 0 Å². The fraction of sp³-hybridized carbons (Fsp3) is 0.377. The summed E-state index contributed by atoms with van der Waals surface area (Å²) in [5, 5.41) is 44.3. The molecule has 3 amide bonds. The molecule has 3 aliphatic heterocycles. The summed E-state index contributed by atoms with van der Waals surface area (Å²) >= 11 is 4.21. The maximum atomic E-state index is 13.6. The van der Waals surface area contributed by atoms with E-state index in [1.54, 1.807) is 49.1 Å². The van der Waals surface area contributed by atoms with Crippen LogP contribution in [0, 0.1) is 42.2 Å². The van der Waals surface area contributed by atoms with Gasteiger partial charge in [-0.1, -0.05) is 136 Å². The van der Waals surface area contributed by atoms with Gasteiger partial charge in [0.25, 0.3) is 17.7 Å². The molecule has 0 spiro atoms. The summed E-state index contributed by atoms with van der Waals surface area (Å²) in [4.78, 5) is 127. The Bertz CT molecular complexity index is 4990. The van der Waals surface area contributed by atoms with Gasteiger partial charge in [-0.05, 0) is 101 Å². The highest BCUT2D eigenvalue weighted by molar-refractivity contribution is 7.12. The Morgan fingerprint density at radius 1 is 0.419 bits per heavy atom. The number of methoxy groups -OCH3 is 1. The zero-order chi connectivity index (χ0) is 73.3. The standard InChI is InChI=1S/C26H24N4O5S.C26H30N4O4S.C25H28N4O4S/c1-35-19-10-8-18(9-11-19)17-29-21-6-3-2-5-20(21)23(24(26(29)32)30(33)34)27-12-14-28(15-13-27)25(31)22-7-4-16-36-22;31-25(22-11-6-18-35-22)28-16-14-27(15-17-28)23-20-9-4-5-10-21(20)29(26(32)24(23)30(33)34)13-12-19-7-2-1-3-8-19;30-24(21-11-6-16-34-21)27-14-12-26(13-15-27)22-19-9-4-5-10-20(19)28(25(31)23(22)29(32)33)17-18-7-2-1-3-8-18/h2-11,16H,12-15,17H2,1H3;4-6,9-11,18-19H,1-3,7-8,12-17H2;4-6,9-11,16,18H,1-3,7-8,12-15,17H2. The Morgan fingerprint density at radius 2 is 0.762 bits per heavy atom. The average Bonchev–Trinajstić information content (AvgIpc) is 0.985. The van der Waals surface area contributed by atoms with E-state index in [9.17, 15) is 59.1 Å². The van der Waals surface area contributed by atoms with Crippen molar-refractivity contribution in [3.8, 4) is 5.75 Å². The number of para-hydroxylation sites is 3. The average molecular weight is 1480 g/mol. The third-order valence-corrected chi connectivity index (χ3v) is 23.5. The second-order valence-corrected chi connectivity index (χ2v) is 29.9. The van der Waals surface area contributed by atoms with E-state index in [0.29, 0.717) is 152 Å². The number of piperazine rings is 3. The fourth-order valence-corrected chi connectivity index (χ4v) is 17.6. The number of hydrogen-bond acceptors (Lipinski definition) is 19. The molecule has 5 fully saturated rings. The van der Waals surface area contributed by atoms with Gasteiger partial charge < -0.3 is 43.3 Å².